The van der Waals surface area contributed by atoms with E-state index in [1.807, 2.05) is 0 Å². The van der Waals surface area contributed by atoms with Crippen LogP contribution in [0.3, 0.4) is 0 Å². The molecule has 3 aromatic carbocycles. The predicted octanol–water partition coefficient (Wildman–Crippen LogP) is 4.29. The zero-order valence-corrected chi connectivity index (χ0v) is 17.1. The summed E-state index contributed by atoms with van der Waals surface area (Å²) in [5, 5.41) is 9.01. The molecule has 1 aromatic heterocycles. The normalized spacial score (nSPS) is 10.6. The van der Waals surface area contributed by atoms with Crippen molar-refractivity contribution in [2.24, 2.45) is 5.73 Å². The van der Waals surface area contributed by atoms with Gasteiger partial charge in [-0.2, -0.15) is 5.10 Å². The fourth-order valence-electron chi connectivity index (χ4n) is 3.22. The number of amides is 2. The van der Waals surface area contributed by atoms with E-state index in [4.69, 9.17) is 10.5 Å². The van der Waals surface area contributed by atoms with Crippen LogP contribution in [0.5, 0.6) is 5.75 Å². The minimum absolute atomic E-state index is 0.0937. The number of nitrogens with one attached hydrogen (secondary N) is 2. The Labute approximate surface area is 187 Å². The molecule has 0 atom stereocenters. The van der Waals surface area contributed by atoms with E-state index >= 15 is 0 Å². The molecule has 0 aliphatic carbocycles. The van der Waals surface area contributed by atoms with Crippen molar-refractivity contribution in [1.82, 2.24) is 10.2 Å². The molecule has 33 heavy (non-hydrogen) atoms. The van der Waals surface area contributed by atoms with Crippen LogP contribution in [0.15, 0.2) is 72.8 Å². The minimum Gasteiger partial charge on any atom is -0.488 e. The van der Waals surface area contributed by atoms with E-state index in [1.165, 1.54) is 12.1 Å². The fraction of sp³-hybridized carbons (Fsp3) is 0.0417. The number of carbonyl (C=O) groups excluding carboxylic acids is 2. The van der Waals surface area contributed by atoms with Crippen LogP contribution < -0.4 is 15.8 Å². The third kappa shape index (κ3) is 4.87. The van der Waals surface area contributed by atoms with E-state index < -0.39 is 23.4 Å². The molecule has 0 unspecified atom stereocenters. The highest BCUT2D eigenvalue weighted by Crippen LogP contribution is 2.26. The Kier molecular flexibility index (Phi) is 6.12. The van der Waals surface area contributed by atoms with Gasteiger partial charge in [0.1, 0.15) is 24.0 Å². The zero-order valence-electron chi connectivity index (χ0n) is 17.1. The van der Waals surface area contributed by atoms with Crippen LogP contribution in [0, 0.1) is 11.6 Å². The molecule has 2 amide bonds. The topological polar surface area (TPSA) is 110 Å². The number of carbonyl (C=O) groups is 2. The van der Waals surface area contributed by atoms with Gasteiger partial charge in [-0.05, 0) is 42.0 Å². The molecular formula is C24H18F2N4O3. The second kappa shape index (κ2) is 9.31. The summed E-state index contributed by atoms with van der Waals surface area (Å²) in [5.41, 5.74) is 6.44. The summed E-state index contributed by atoms with van der Waals surface area (Å²) >= 11 is 0. The van der Waals surface area contributed by atoms with Gasteiger partial charge >= 0.3 is 0 Å². The predicted molar refractivity (Wildman–Crippen MR) is 118 cm³/mol. The van der Waals surface area contributed by atoms with Crippen molar-refractivity contribution in [3.8, 4) is 17.0 Å². The van der Waals surface area contributed by atoms with E-state index in [0.29, 0.717) is 16.9 Å². The maximum Gasteiger partial charge on any atom is 0.256 e. The number of nitrogens with two attached hydrogens (primary N) is 1. The van der Waals surface area contributed by atoms with Crippen LogP contribution in [0.1, 0.15) is 26.3 Å². The minimum atomic E-state index is -0.748. The van der Waals surface area contributed by atoms with Crippen molar-refractivity contribution in [3.63, 3.8) is 0 Å². The molecule has 0 bridgehead atoms. The summed E-state index contributed by atoms with van der Waals surface area (Å²) in [6.45, 7) is 0.102. The molecule has 0 aliphatic rings. The van der Waals surface area contributed by atoms with Crippen molar-refractivity contribution in [3.05, 3.63) is 101 Å². The highest BCUT2D eigenvalue weighted by molar-refractivity contribution is 6.04. The summed E-state index contributed by atoms with van der Waals surface area (Å²) in [6, 6.07) is 18.1. The van der Waals surface area contributed by atoms with Crippen LogP contribution >= 0.6 is 0 Å². The van der Waals surface area contributed by atoms with E-state index in [-0.39, 0.29) is 29.2 Å². The number of para-hydroxylation sites is 1. The molecule has 1 heterocycles. The number of halogens is 2. The van der Waals surface area contributed by atoms with Gasteiger partial charge in [-0.1, -0.05) is 30.3 Å². The summed E-state index contributed by atoms with van der Waals surface area (Å²) in [7, 11) is 0. The summed E-state index contributed by atoms with van der Waals surface area (Å²) < 4.78 is 33.6. The monoisotopic (exact) mass is 448 g/mol. The van der Waals surface area contributed by atoms with Crippen LogP contribution in [0.2, 0.25) is 0 Å². The van der Waals surface area contributed by atoms with Gasteiger partial charge in [-0.3, -0.25) is 14.7 Å². The average Bonchev–Trinajstić information content (AvgIpc) is 3.25. The SMILES string of the molecule is NC(=O)c1ccccc1OCc1cccc(C(=O)Nc2cc(-c3c(F)cccc3F)[nH]n2)c1. The first-order chi connectivity index (χ1) is 15.9. The number of aromatic nitrogens is 2. The number of H-pyrrole nitrogens is 1. The Morgan fingerprint density at radius 1 is 0.970 bits per heavy atom. The molecule has 0 radical (unpaired) electrons. The summed E-state index contributed by atoms with van der Waals surface area (Å²) in [4.78, 5) is 24.2. The first-order valence-electron chi connectivity index (χ1n) is 9.84. The maximum atomic E-state index is 14.0. The number of rotatable bonds is 7. The fourth-order valence-corrected chi connectivity index (χ4v) is 3.22. The number of nitrogens with zero attached hydrogens (tertiary/aromatic N) is 1. The Morgan fingerprint density at radius 3 is 2.45 bits per heavy atom. The zero-order chi connectivity index (χ0) is 23.4. The van der Waals surface area contributed by atoms with Gasteiger partial charge in [0.25, 0.3) is 11.8 Å². The van der Waals surface area contributed by atoms with Crippen molar-refractivity contribution in [2.45, 2.75) is 6.61 Å². The number of hydrogen-bond acceptors (Lipinski definition) is 4. The lowest BCUT2D eigenvalue weighted by Crippen LogP contribution is -2.14. The number of anilines is 1. The van der Waals surface area contributed by atoms with Crippen LogP contribution in [0.4, 0.5) is 14.6 Å². The number of ether oxygens (including phenoxy) is 1. The van der Waals surface area contributed by atoms with E-state index in [9.17, 15) is 18.4 Å². The second-order valence-electron chi connectivity index (χ2n) is 7.07. The highest BCUT2D eigenvalue weighted by Gasteiger charge is 2.15. The largest absolute Gasteiger partial charge is 0.488 e. The number of hydrogen-bond donors (Lipinski definition) is 3. The number of benzene rings is 3. The van der Waals surface area contributed by atoms with E-state index in [2.05, 4.69) is 15.5 Å². The van der Waals surface area contributed by atoms with E-state index in [1.54, 1.807) is 48.5 Å². The Morgan fingerprint density at radius 2 is 1.70 bits per heavy atom. The third-order valence-electron chi connectivity index (χ3n) is 4.79. The Balaban J connectivity index is 1.46. The van der Waals surface area contributed by atoms with Crippen LogP contribution in [-0.2, 0) is 6.61 Å². The lowest BCUT2D eigenvalue weighted by Gasteiger charge is -2.10. The van der Waals surface area contributed by atoms with Crippen molar-refractivity contribution in [2.75, 3.05) is 5.32 Å². The lowest BCUT2D eigenvalue weighted by atomic mass is 10.1. The molecule has 4 N–H and O–H groups in total. The smallest absolute Gasteiger partial charge is 0.256 e. The van der Waals surface area contributed by atoms with Gasteiger partial charge in [0, 0.05) is 11.6 Å². The molecule has 9 heteroatoms. The molecule has 4 rings (SSSR count). The quantitative estimate of drug-likeness (QED) is 0.392. The van der Waals surface area contributed by atoms with Gasteiger partial charge in [-0.15, -0.1) is 0 Å². The molecule has 7 nitrogen and oxygen atoms in total. The first-order valence-corrected chi connectivity index (χ1v) is 9.84. The van der Waals surface area contributed by atoms with Crippen LogP contribution in [-0.4, -0.2) is 22.0 Å². The van der Waals surface area contributed by atoms with Gasteiger partial charge < -0.3 is 15.8 Å². The van der Waals surface area contributed by atoms with Gasteiger partial charge in [0.15, 0.2) is 5.82 Å². The highest BCUT2D eigenvalue weighted by atomic mass is 19.1. The first kappa shape index (κ1) is 21.7. The maximum absolute atomic E-state index is 14.0. The van der Waals surface area contributed by atoms with Crippen molar-refractivity contribution >= 4 is 17.6 Å². The molecular weight excluding hydrogens is 430 g/mol. The molecule has 0 aliphatic heterocycles. The summed E-state index contributed by atoms with van der Waals surface area (Å²) in [6.07, 6.45) is 0. The van der Waals surface area contributed by atoms with Crippen molar-refractivity contribution in [1.29, 1.82) is 0 Å². The third-order valence-corrected chi connectivity index (χ3v) is 4.79. The average molecular weight is 448 g/mol. The summed E-state index contributed by atoms with van der Waals surface area (Å²) in [5.74, 6) is -2.13. The Hall–Kier alpha value is -4.53. The van der Waals surface area contributed by atoms with Crippen molar-refractivity contribution < 1.29 is 23.1 Å². The van der Waals surface area contributed by atoms with Crippen LogP contribution in [0.25, 0.3) is 11.3 Å². The molecule has 166 valence electrons. The standard InChI is InChI=1S/C24H18F2N4O3/c25-17-8-4-9-18(26)22(17)19-12-21(30-29-19)28-24(32)15-6-3-5-14(11-15)13-33-20-10-2-1-7-16(20)23(27)31/h1-12H,13H2,(H2,27,31)(H2,28,29,30,32). The molecule has 0 saturated heterocycles. The van der Waals surface area contributed by atoms with E-state index in [0.717, 1.165) is 12.1 Å². The Bertz CT molecular complexity index is 1320. The molecule has 0 saturated carbocycles. The number of aromatic amines is 1. The molecule has 0 fully saturated rings. The molecule has 0 spiro atoms. The number of primary amides is 1. The van der Waals surface area contributed by atoms with Gasteiger partial charge in [-0.25, -0.2) is 8.78 Å². The second-order valence-corrected chi connectivity index (χ2v) is 7.07. The lowest BCUT2D eigenvalue weighted by molar-refractivity contribution is 0.0994. The van der Waals surface area contributed by atoms with Gasteiger partial charge in [0.05, 0.1) is 16.8 Å². The molecule has 4 aromatic rings. The van der Waals surface area contributed by atoms with Gasteiger partial charge in [0.2, 0.25) is 0 Å².